The lowest BCUT2D eigenvalue weighted by Crippen LogP contribution is -2.13. The Morgan fingerprint density at radius 1 is 1.00 bits per heavy atom. The summed E-state index contributed by atoms with van der Waals surface area (Å²) < 4.78 is 1.35. The van der Waals surface area contributed by atoms with Gasteiger partial charge in [0, 0.05) is 3.57 Å². The molecule has 18 heavy (non-hydrogen) atoms. The van der Waals surface area contributed by atoms with Crippen molar-refractivity contribution in [3.8, 4) is 0 Å². The third kappa shape index (κ3) is 4.25. The molecule has 1 aromatic rings. The molecule has 1 fully saturated rings. The summed E-state index contributed by atoms with van der Waals surface area (Å²) in [6, 6.07) is 9.18. The second kappa shape index (κ2) is 7.52. The molecule has 0 heterocycles. The van der Waals surface area contributed by atoms with Gasteiger partial charge in [-0.1, -0.05) is 44.7 Å². The van der Waals surface area contributed by atoms with Crippen molar-refractivity contribution < 1.29 is 0 Å². The van der Waals surface area contributed by atoms with Gasteiger partial charge in [0.25, 0.3) is 0 Å². The van der Waals surface area contributed by atoms with Crippen LogP contribution in [0.5, 0.6) is 0 Å². The molecule has 1 aromatic carbocycles. The Kier molecular flexibility index (Phi) is 6.00. The highest BCUT2D eigenvalue weighted by atomic mass is 127. The van der Waals surface area contributed by atoms with Crippen LogP contribution in [0.3, 0.4) is 0 Å². The zero-order valence-corrected chi connectivity index (χ0v) is 13.7. The van der Waals surface area contributed by atoms with E-state index in [9.17, 15) is 0 Å². The average Bonchev–Trinajstić information content (AvgIpc) is 2.41. The third-order valence-corrected chi connectivity index (χ3v) is 5.12. The Balaban J connectivity index is 1.77. The topological polar surface area (TPSA) is 0 Å². The number of halogens is 1. The molecule has 0 aliphatic heterocycles. The third-order valence-electron chi connectivity index (χ3n) is 4.40. The summed E-state index contributed by atoms with van der Waals surface area (Å²) in [4.78, 5) is 0. The molecule has 0 bridgehead atoms. The van der Waals surface area contributed by atoms with E-state index in [0.29, 0.717) is 0 Å². The zero-order valence-electron chi connectivity index (χ0n) is 11.5. The van der Waals surface area contributed by atoms with Crippen molar-refractivity contribution in [1.82, 2.24) is 0 Å². The van der Waals surface area contributed by atoms with Crippen LogP contribution in [0, 0.1) is 9.49 Å². The zero-order chi connectivity index (χ0) is 12.8. The van der Waals surface area contributed by atoms with Crippen molar-refractivity contribution in [2.75, 3.05) is 0 Å². The van der Waals surface area contributed by atoms with E-state index >= 15 is 0 Å². The van der Waals surface area contributed by atoms with E-state index in [1.807, 2.05) is 0 Å². The van der Waals surface area contributed by atoms with Gasteiger partial charge in [-0.05, 0) is 77.8 Å². The van der Waals surface area contributed by atoms with Gasteiger partial charge in [0.2, 0.25) is 0 Å². The van der Waals surface area contributed by atoms with Crippen LogP contribution in [-0.2, 0) is 0 Å². The summed E-state index contributed by atoms with van der Waals surface area (Å²) >= 11 is 2.39. The van der Waals surface area contributed by atoms with Crippen molar-refractivity contribution in [3.05, 3.63) is 33.4 Å². The number of benzene rings is 1. The quantitative estimate of drug-likeness (QED) is 0.439. The highest BCUT2D eigenvalue weighted by Crippen LogP contribution is 2.37. The first kappa shape index (κ1) is 14.4. The molecule has 0 spiro atoms. The van der Waals surface area contributed by atoms with Crippen LogP contribution in [-0.4, -0.2) is 0 Å². The minimum Gasteiger partial charge on any atom is -0.0654 e. The van der Waals surface area contributed by atoms with Gasteiger partial charge in [0.1, 0.15) is 0 Å². The summed E-state index contributed by atoms with van der Waals surface area (Å²) in [5.41, 5.74) is 1.57. The van der Waals surface area contributed by atoms with E-state index in [-0.39, 0.29) is 0 Å². The molecule has 0 atom stereocenters. The lowest BCUT2D eigenvalue weighted by atomic mass is 9.77. The summed E-state index contributed by atoms with van der Waals surface area (Å²) in [5, 5.41) is 0. The molecule has 1 aliphatic carbocycles. The molecule has 0 radical (unpaired) electrons. The molecule has 0 saturated heterocycles. The highest BCUT2D eigenvalue weighted by molar-refractivity contribution is 14.1. The van der Waals surface area contributed by atoms with Crippen LogP contribution < -0.4 is 0 Å². The van der Waals surface area contributed by atoms with Crippen LogP contribution in [0.2, 0.25) is 0 Å². The normalized spacial score (nSPS) is 24.1. The largest absolute Gasteiger partial charge is 0.0654 e. The summed E-state index contributed by atoms with van der Waals surface area (Å²) in [7, 11) is 0. The van der Waals surface area contributed by atoms with E-state index in [0.717, 1.165) is 11.8 Å². The maximum atomic E-state index is 2.39. The van der Waals surface area contributed by atoms with Crippen LogP contribution >= 0.6 is 22.6 Å². The first-order chi connectivity index (χ1) is 8.79. The number of rotatable bonds is 5. The van der Waals surface area contributed by atoms with Gasteiger partial charge in [-0.2, -0.15) is 0 Å². The fourth-order valence-corrected chi connectivity index (χ4v) is 3.56. The van der Waals surface area contributed by atoms with Gasteiger partial charge < -0.3 is 0 Å². The standard InChI is InChI=1S/C17H25I/c1-2-3-4-5-14-6-8-15(9-7-14)16-10-12-17(18)13-11-16/h10-15H,2-9H2,1H3. The number of unbranched alkanes of at least 4 members (excludes halogenated alkanes) is 2. The molecule has 0 nitrogen and oxygen atoms in total. The Morgan fingerprint density at radius 2 is 1.67 bits per heavy atom. The van der Waals surface area contributed by atoms with Crippen LogP contribution in [0.1, 0.15) is 69.8 Å². The Labute approximate surface area is 126 Å². The lowest BCUT2D eigenvalue weighted by molar-refractivity contribution is 0.303. The van der Waals surface area contributed by atoms with Crippen molar-refractivity contribution in [3.63, 3.8) is 0 Å². The predicted molar refractivity (Wildman–Crippen MR) is 88.0 cm³/mol. The van der Waals surface area contributed by atoms with Crippen molar-refractivity contribution in [2.24, 2.45) is 5.92 Å². The fraction of sp³-hybridized carbons (Fsp3) is 0.647. The van der Waals surface area contributed by atoms with Crippen LogP contribution in [0.4, 0.5) is 0 Å². The Hall–Kier alpha value is -0.0500. The minimum atomic E-state index is 0.837. The van der Waals surface area contributed by atoms with E-state index < -0.39 is 0 Å². The van der Waals surface area contributed by atoms with Gasteiger partial charge in [-0.3, -0.25) is 0 Å². The van der Waals surface area contributed by atoms with Crippen molar-refractivity contribution in [2.45, 2.75) is 64.2 Å². The van der Waals surface area contributed by atoms with Gasteiger partial charge in [0.15, 0.2) is 0 Å². The number of hydrogen-bond acceptors (Lipinski definition) is 0. The predicted octanol–water partition coefficient (Wildman–Crippen LogP) is 6.15. The maximum absolute atomic E-state index is 2.39. The molecule has 100 valence electrons. The SMILES string of the molecule is CCCCCC1CCC(c2ccc(I)cc2)CC1. The van der Waals surface area contributed by atoms with Gasteiger partial charge in [0.05, 0.1) is 0 Å². The number of hydrogen-bond donors (Lipinski definition) is 0. The Bertz CT molecular complexity index is 333. The molecular weight excluding hydrogens is 331 g/mol. The van der Waals surface area contributed by atoms with Crippen molar-refractivity contribution >= 4 is 22.6 Å². The second-order valence-electron chi connectivity index (χ2n) is 5.76. The summed E-state index contributed by atoms with van der Waals surface area (Å²) in [6.07, 6.45) is 11.5. The van der Waals surface area contributed by atoms with Gasteiger partial charge in [-0.25, -0.2) is 0 Å². The maximum Gasteiger partial charge on any atom is 0.0130 e. The molecular formula is C17H25I. The van der Waals surface area contributed by atoms with E-state index in [2.05, 4.69) is 53.8 Å². The monoisotopic (exact) mass is 356 g/mol. The van der Waals surface area contributed by atoms with E-state index in [1.54, 1.807) is 5.56 Å². The first-order valence-corrected chi connectivity index (χ1v) is 8.63. The summed E-state index contributed by atoms with van der Waals surface area (Å²) in [6.45, 7) is 2.30. The molecule has 2 rings (SSSR count). The highest BCUT2D eigenvalue weighted by Gasteiger charge is 2.21. The molecule has 0 amide bonds. The molecule has 1 heteroatoms. The van der Waals surface area contributed by atoms with E-state index in [4.69, 9.17) is 0 Å². The van der Waals surface area contributed by atoms with Gasteiger partial charge in [-0.15, -0.1) is 0 Å². The molecule has 0 aromatic heterocycles. The Morgan fingerprint density at radius 3 is 2.28 bits per heavy atom. The minimum absolute atomic E-state index is 0.837. The molecule has 1 saturated carbocycles. The van der Waals surface area contributed by atoms with Crippen LogP contribution in [0.15, 0.2) is 24.3 Å². The smallest absolute Gasteiger partial charge is 0.0130 e. The molecule has 0 unspecified atom stereocenters. The fourth-order valence-electron chi connectivity index (χ4n) is 3.20. The second-order valence-corrected chi connectivity index (χ2v) is 7.01. The lowest BCUT2D eigenvalue weighted by Gasteiger charge is -2.28. The first-order valence-electron chi connectivity index (χ1n) is 7.55. The van der Waals surface area contributed by atoms with Crippen LogP contribution in [0.25, 0.3) is 0 Å². The van der Waals surface area contributed by atoms with E-state index in [1.165, 1.54) is 54.9 Å². The van der Waals surface area contributed by atoms with Crippen molar-refractivity contribution in [1.29, 1.82) is 0 Å². The van der Waals surface area contributed by atoms with Gasteiger partial charge >= 0.3 is 0 Å². The molecule has 0 N–H and O–H groups in total. The summed E-state index contributed by atoms with van der Waals surface area (Å²) in [5.74, 6) is 1.86. The molecule has 1 aliphatic rings. The average molecular weight is 356 g/mol.